The van der Waals surface area contributed by atoms with Gasteiger partial charge in [-0.25, -0.2) is 4.79 Å². The fourth-order valence-electron chi connectivity index (χ4n) is 2.37. The third-order valence-electron chi connectivity index (χ3n) is 3.55. The van der Waals surface area contributed by atoms with Gasteiger partial charge >= 0.3 is 5.69 Å². The molecule has 0 aliphatic heterocycles. The molecule has 0 spiro atoms. The topological polar surface area (TPSA) is 86.2 Å². The third-order valence-corrected chi connectivity index (χ3v) is 4.39. The molecule has 0 amide bonds. The van der Waals surface area contributed by atoms with Crippen LogP contribution in [0.25, 0.3) is 10.9 Å². The van der Waals surface area contributed by atoms with Crippen LogP contribution >= 0.6 is 11.3 Å². The molecule has 3 rings (SSSR count). The van der Waals surface area contributed by atoms with Gasteiger partial charge in [0.15, 0.2) is 11.5 Å². The van der Waals surface area contributed by atoms with E-state index in [1.54, 1.807) is 23.8 Å². The minimum atomic E-state index is -0.445. The number of methoxy groups -OCH3 is 2. The second-order valence-corrected chi connectivity index (χ2v) is 5.83. The molecule has 2 heterocycles. The minimum Gasteiger partial charge on any atom is -0.493 e. The number of benzene rings is 1. The fraction of sp³-hybridized carbons (Fsp3) is 0.267. The summed E-state index contributed by atoms with van der Waals surface area (Å²) < 4.78 is 11.6. The van der Waals surface area contributed by atoms with Crippen LogP contribution in [-0.4, -0.2) is 28.8 Å². The number of fused-ring (bicyclic) bond motifs is 1. The highest BCUT2D eigenvalue weighted by molar-refractivity contribution is 7.09. The van der Waals surface area contributed by atoms with Crippen molar-refractivity contribution in [3.8, 4) is 11.5 Å². The highest BCUT2D eigenvalue weighted by atomic mass is 32.1. The van der Waals surface area contributed by atoms with E-state index in [0.717, 1.165) is 4.88 Å². The van der Waals surface area contributed by atoms with Gasteiger partial charge in [0.25, 0.3) is 5.56 Å². The highest BCUT2D eigenvalue weighted by Gasteiger charge is 2.13. The number of aryl methyl sites for hydroxylation is 1. The summed E-state index contributed by atoms with van der Waals surface area (Å²) in [6.45, 7) is 0.292. The summed E-state index contributed by atoms with van der Waals surface area (Å²) in [5.74, 6) is 0.899. The largest absolute Gasteiger partial charge is 0.493 e. The number of ether oxygens (including phenoxy) is 2. The lowest BCUT2D eigenvalue weighted by Crippen LogP contribution is -2.35. The molecule has 8 heteroatoms. The SMILES string of the molecule is COc1cc2[nH]c(=O)n(CCc3cncs3)c(=O)c2cc1OC. The van der Waals surface area contributed by atoms with Gasteiger partial charge in [0, 0.05) is 30.1 Å². The zero-order valence-corrected chi connectivity index (χ0v) is 13.5. The van der Waals surface area contributed by atoms with E-state index in [2.05, 4.69) is 9.97 Å². The predicted octanol–water partition coefficient (Wildman–Crippen LogP) is 1.41. The first-order valence-corrected chi connectivity index (χ1v) is 7.78. The average Bonchev–Trinajstić information content (AvgIpc) is 3.07. The maximum Gasteiger partial charge on any atom is 0.328 e. The van der Waals surface area contributed by atoms with E-state index in [4.69, 9.17) is 9.47 Å². The maximum atomic E-state index is 12.6. The number of aromatic amines is 1. The Balaban J connectivity index is 2.09. The molecule has 0 unspecified atom stereocenters. The van der Waals surface area contributed by atoms with E-state index in [0.29, 0.717) is 35.4 Å². The van der Waals surface area contributed by atoms with Crippen LogP contribution in [-0.2, 0) is 13.0 Å². The molecular weight excluding hydrogens is 318 g/mol. The second-order valence-electron chi connectivity index (χ2n) is 4.86. The molecule has 1 N–H and O–H groups in total. The van der Waals surface area contributed by atoms with Crippen LogP contribution in [0, 0.1) is 0 Å². The Kier molecular flexibility index (Phi) is 4.16. The van der Waals surface area contributed by atoms with E-state index in [-0.39, 0.29) is 5.56 Å². The standard InChI is InChI=1S/C15H15N3O4S/c1-21-12-5-10-11(6-13(12)22-2)17-15(20)18(14(10)19)4-3-9-7-16-8-23-9/h5-8H,3-4H2,1-2H3,(H,17,20). The van der Waals surface area contributed by atoms with Crippen molar-refractivity contribution in [1.29, 1.82) is 0 Å². The van der Waals surface area contributed by atoms with Crippen molar-refractivity contribution in [2.75, 3.05) is 14.2 Å². The van der Waals surface area contributed by atoms with Gasteiger partial charge < -0.3 is 14.5 Å². The van der Waals surface area contributed by atoms with Crippen LogP contribution in [0.3, 0.4) is 0 Å². The van der Waals surface area contributed by atoms with Gasteiger partial charge in [-0.05, 0) is 6.07 Å². The molecule has 7 nitrogen and oxygen atoms in total. The molecule has 0 saturated heterocycles. The predicted molar refractivity (Wildman–Crippen MR) is 87.8 cm³/mol. The van der Waals surface area contributed by atoms with E-state index in [9.17, 15) is 9.59 Å². The molecule has 0 aliphatic rings. The summed E-state index contributed by atoms with van der Waals surface area (Å²) in [6, 6.07) is 3.17. The number of nitrogens with zero attached hydrogens (tertiary/aromatic N) is 2. The third kappa shape index (κ3) is 2.85. The Morgan fingerprint density at radius 1 is 1.22 bits per heavy atom. The molecule has 0 fully saturated rings. The molecule has 0 bridgehead atoms. The monoisotopic (exact) mass is 333 g/mol. The zero-order chi connectivity index (χ0) is 16.4. The fourth-order valence-corrected chi connectivity index (χ4v) is 2.96. The molecular formula is C15H15N3O4S. The van der Waals surface area contributed by atoms with Gasteiger partial charge in [-0.2, -0.15) is 0 Å². The number of aromatic nitrogens is 3. The molecule has 23 heavy (non-hydrogen) atoms. The molecule has 0 saturated carbocycles. The Bertz CT molecular complexity index is 944. The molecule has 120 valence electrons. The summed E-state index contributed by atoms with van der Waals surface area (Å²) in [6.07, 6.45) is 2.31. The molecule has 0 aliphatic carbocycles. The van der Waals surface area contributed by atoms with Crippen molar-refractivity contribution in [3.05, 3.63) is 49.6 Å². The van der Waals surface area contributed by atoms with Crippen LogP contribution in [0.5, 0.6) is 11.5 Å². The van der Waals surface area contributed by atoms with E-state index >= 15 is 0 Å². The van der Waals surface area contributed by atoms with Crippen molar-refractivity contribution >= 4 is 22.2 Å². The summed E-state index contributed by atoms with van der Waals surface area (Å²) in [4.78, 5) is 32.5. The van der Waals surface area contributed by atoms with Gasteiger partial charge in [-0.15, -0.1) is 11.3 Å². The molecule has 0 atom stereocenters. The average molecular weight is 333 g/mol. The Labute approximate surface area is 135 Å². The van der Waals surface area contributed by atoms with Crippen LogP contribution < -0.4 is 20.7 Å². The van der Waals surface area contributed by atoms with Gasteiger partial charge in [-0.3, -0.25) is 14.3 Å². The van der Waals surface area contributed by atoms with Gasteiger partial charge in [0.2, 0.25) is 0 Å². The molecule has 2 aromatic heterocycles. The lowest BCUT2D eigenvalue weighted by atomic mass is 10.2. The van der Waals surface area contributed by atoms with Crippen molar-refractivity contribution < 1.29 is 9.47 Å². The Morgan fingerprint density at radius 3 is 2.61 bits per heavy atom. The van der Waals surface area contributed by atoms with Crippen molar-refractivity contribution in [1.82, 2.24) is 14.5 Å². The number of nitrogens with one attached hydrogen (secondary N) is 1. The summed E-state index contributed by atoms with van der Waals surface area (Å²) in [5.41, 5.74) is 1.35. The van der Waals surface area contributed by atoms with Crippen molar-refractivity contribution in [3.63, 3.8) is 0 Å². The summed E-state index contributed by atoms with van der Waals surface area (Å²) in [7, 11) is 3.00. The minimum absolute atomic E-state index is 0.292. The number of thiazole rings is 1. The van der Waals surface area contributed by atoms with Crippen molar-refractivity contribution in [2.24, 2.45) is 0 Å². The highest BCUT2D eigenvalue weighted by Crippen LogP contribution is 2.29. The first-order chi connectivity index (χ1) is 11.1. The maximum absolute atomic E-state index is 12.6. The smallest absolute Gasteiger partial charge is 0.328 e. The second kappa shape index (κ2) is 6.25. The molecule has 1 aromatic carbocycles. The first kappa shape index (κ1) is 15.3. The molecule has 3 aromatic rings. The number of hydrogen-bond donors (Lipinski definition) is 1. The normalized spacial score (nSPS) is 10.9. The Morgan fingerprint density at radius 2 is 1.96 bits per heavy atom. The molecule has 0 radical (unpaired) electrons. The number of H-pyrrole nitrogens is 1. The van der Waals surface area contributed by atoms with E-state index in [1.165, 1.54) is 30.1 Å². The lowest BCUT2D eigenvalue weighted by molar-refractivity contribution is 0.355. The quantitative estimate of drug-likeness (QED) is 0.763. The van der Waals surface area contributed by atoms with E-state index in [1.807, 2.05) is 0 Å². The van der Waals surface area contributed by atoms with E-state index < -0.39 is 5.69 Å². The van der Waals surface area contributed by atoms with Crippen LogP contribution in [0.15, 0.2) is 33.4 Å². The summed E-state index contributed by atoms with van der Waals surface area (Å²) in [5, 5.41) is 0.381. The van der Waals surface area contributed by atoms with Crippen LogP contribution in [0.4, 0.5) is 0 Å². The Hall–Kier alpha value is -2.61. The van der Waals surface area contributed by atoms with Gasteiger partial charge in [-0.1, -0.05) is 0 Å². The number of rotatable bonds is 5. The summed E-state index contributed by atoms with van der Waals surface area (Å²) >= 11 is 1.49. The first-order valence-electron chi connectivity index (χ1n) is 6.90. The van der Waals surface area contributed by atoms with Crippen molar-refractivity contribution in [2.45, 2.75) is 13.0 Å². The lowest BCUT2D eigenvalue weighted by Gasteiger charge is -2.10. The number of hydrogen-bond acceptors (Lipinski definition) is 6. The van der Waals surface area contributed by atoms with Gasteiger partial charge in [0.1, 0.15) is 0 Å². The van der Waals surface area contributed by atoms with Crippen LogP contribution in [0.1, 0.15) is 4.88 Å². The van der Waals surface area contributed by atoms with Gasteiger partial charge in [0.05, 0.1) is 30.6 Å². The zero-order valence-electron chi connectivity index (χ0n) is 12.7. The van der Waals surface area contributed by atoms with Crippen LogP contribution in [0.2, 0.25) is 0 Å².